The molecule has 5 rings (SSSR count). The van der Waals surface area contributed by atoms with Crippen molar-refractivity contribution in [2.45, 2.75) is 116 Å². The first kappa shape index (κ1) is 36.0. The minimum atomic E-state index is -5.48. The van der Waals surface area contributed by atoms with Crippen molar-refractivity contribution in [2.75, 3.05) is 19.3 Å². The lowest BCUT2D eigenvalue weighted by atomic mass is 9.20. The van der Waals surface area contributed by atoms with Gasteiger partial charge in [0, 0.05) is 30.3 Å². The Hall–Kier alpha value is -1.34. The van der Waals surface area contributed by atoms with E-state index >= 15 is 0 Å². The molecule has 4 saturated carbocycles. The van der Waals surface area contributed by atoms with Crippen LogP contribution in [0.25, 0.3) is 0 Å². The van der Waals surface area contributed by atoms with E-state index in [0.717, 1.165) is 32.1 Å². The lowest BCUT2D eigenvalue weighted by molar-refractivity contribution is -0.367. The first-order valence-corrected chi connectivity index (χ1v) is 19.6. The highest BCUT2D eigenvalue weighted by Gasteiger charge is 2.82. The summed E-state index contributed by atoms with van der Waals surface area (Å²) in [5.74, 6) is -0.486. The Labute approximate surface area is 276 Å². The Morgan fingerprint density at radius 1 is 1.02 bits per heavy atom. The topological polar surface area (TPSA) is 110 Å². The number of nitrogens with one attached hydrogen (secondary N) is 1. The quantitative estimate of drug-likeness (QED) is 0.338. The zero-order valence-electron chi connectivity index (χ0n) is 28.2. The molecular weight excluding hydrogens is 641 g/mol. The van der Waals surface area contributed by atoms with E-state index < -0.39 is 57.4 Å². The number of Topliss-reactive ketones (excluding diaryl/α,β-unsaturated/α-hetero) is 1. The van der Waals surface area contributed by atoms with Crippen LogP contribution in [0.2, 0.25) is 0 Å². The number of alkyl carbamates (subject to hydrolysis) is 1. The molecular formula is C33H51F3N2O6S2. The Morgan fingerprint density at radius 3 is 2.17 bits per heavy atom. The molecule has 4 aliphatic carbocycles. The zero-order chi connectivity index (χ0) is 34.3. The van der Waals surface area contributed by atoms with Crippen LogP contribution >= 0.6 is 11.8 Å². The van der Waals surface area contributed by atoms with Gasteiger partial charge in [-0.2, -0.15) is 29.2 Å². The summed E-state index contributed by atoms with van der Waals surface area (Å²) >= 11 is 1.61. The predicted octanol–water partition coefficient (Wildman–Crippen LogP) is 6.79. The van der Waals surface area contributed by atoms with E-state index in [0.29, 0.717) is 22.9 Å². The van der Waals surface area contributed by atoms with E-state index in [1.165, 1.54) is 0 Å². The summed E-state index contributed by atoms with van der Waals surface area (Å²) in [6.07, 6.45) is 6.57. The maximum Gasteiger partial charge on any atom is 0.511 e. The van der Waals surface area contributed by atoms with Crippen molar-refractivity contribution in [3.8, 4) is 0 Å². The SMILES string of the molecule is CCC1CC[C@@](C)(SC)C(=O)[C@H](C)C23CCC24CC[C@@H](C)C(C)(C4[C@@H]3C)[C@@H]1OC(=O)NC(=O)C1CCN(S(=O)(=O)C(F)(F)F)CC1. The van der Waals surface area contributed by atoms with Gasteiger partial charge >= 0.3 is 21.6 Å². The van der Waals surface area contributed by atoms with Gasteiger partial charge in [-0.15, -0.1) is 0 Å². The van der Waals surface area contributed by atoms with Gasteiger partial charge in [-0.25, -0.2) is 13.2 Å². The summed E-state index contributed by atoms with van der Waals surface area (Å²) < 4.78 is 68.8. The summed E-state index contributed by atoms with van der Waals surface area (Å²) in [4.78, 5) is 41.1. The Morgan fingerprint density at radius 2 is 1.65 bits per heavy atom. The maximum absolute atomic E-state index is 14.3. The Balaban J connectivity index is 1.41. The molecule has 2 bridgehead atoms. The first-order chi connectivity index (χ1) is 21.3. The zero-order valence-corrected chi connectivity index (χ0v) is 29.8. The number of nitrogens with zero attached hydrogens (tertiary/aromatic N) is 1. The van der Waals surface area contributed by atoms with Crippen molar-refractivity contribution in [1.29, 1.82) is 0 Å². The number of ether oxygens (including phenoxy) is 1. The van der Waals surface area contributed by atoms with Crippen LogP contribution in [-0.2, 0) is 24.3 Å². The van der Waals surface area contributed by atoms with Crippen LogP contribution in [0, 0.1) is 51.8 Å². The normalized spacial score (nSPS) is 43.7. The number of hydrogen-bond donors (Lipinski definition) is 1. The van der Waals surface area contributed by atoms with Gasteiger partial charge < -0.3 is 4.74 Å². The molecule has 8 nitrogen and oxygen atoms in total. The number of ketones is 1. The fourth-order valence-electron chi connectivity index (χ4n) is 11.4. The number of carbonyl (C=O) groups excluding carboxylic acids is 3. The average Bonchev–Trinajstić information content (AvgIpc) is 3.00. The lowest BCUT2D eigenvalue weighted by Crippen LogP contribution is -2.80. The van der Waals surface area contributed by atoms with Crippen LogP contribution < -0.4 is 5.32 Å². The number of imide groups is 1. The third-order valence-corrected chi connectivity index (χ3v) is 17.1. The second-order valence-electron chi connectivity index (χ2n) is 15.4. The highest BCUT2D eigenvalue weighted by Crippen LogP contribution is 2.86. The third-order valence-electron chi connectivity index (χ3n) is 14.2. The lowest BCUT2D eigenvalue weighted by Gasteiger charge is -2.84. The monoisotopic (exact) mass is 692 g/mol. The molecule has 46 heavy (non-hydrogen) atoms. The molecule has 2 spiro atoms. The van der Waals surface area contributed by atoms with Gasteiger partial charge in [0.2, 0.25) is 5.91 Å². The molecule has 0 radical (unpaired) electrons. The van der Waals surface area contributed by atoms with Gasteiger partial charge in [0.15, 0.2) is 5.78 Å². The first-order valence-electron chi connectivity index (χ1n) is 17.0. The van der Waals surface area contributed by atoms with E-state index in [4.69, 9.17) is 4.74 Å². The molecule has 2 amide bonds. The summed E-state index contributed by atoms with van der Waals surface area (Å²) in [5.41, 5.74) is -5.83. The summed E-state index contributed by atoms with van der Waals surface area (Å²) in [5, 5.41) is 2.37. The molecule has 13 heteroatoms. The van der Waals surface area contributed by atoms with Gasteiger partial charge in [0.1, 0.15) is 6.10 Å². The van der Waals surface area contributed by atoms with Crippen molar-refractivity contribution in [3.05, 3.63) is 0 Å². The number of piperidine rings is 1. The highest BCUT2D eigenvalue weighted by atomic mass is 32.2. The minimum Gasteiger partial charge on any atom is -0.445 e. The molecule has 5 aliphatic rings. The molecule has 262 valence electrons. The van der Waals surface area contributed by atoms with Gasteiger partial charge in [-0.3, -0.25) is 14.9 Å². The van der Waals surface area contributed by atoms with E-state index in [1.54, 1.807) is 11.8 Å². The fourth-order valence-corrected chi connectivity index (χ4v) is 13.1. The van der Waals surface area contributed by atoms with Gasteiger partial charge in [0.05, 0.1) is 4.75 Å². The number of halogens is 3. The fraction of sp³-hybridized carbons (Fsp3) is 0.909. The molecule has 1 aliphatic heterocycles. The average molecular weight is 693 g/mol. The van der Waals surface area contributed by atoms with Crippen LogP contribution in [0.15, 0.2) is 0 Å². The number of alkyl halides is 3. The molecule has 0 aromatic heterocycles. The standard InChI is InChI=1S/C33H51F3N2O6S2/c1-8-22-10-13-29(5,45-7)25(39)21(4)32-16-15-31(32)14-9-19(2)30(6,24(31)20(32)3)26(22)44-28(41)37-27(40)23-11-17-38(18-12-23)46(42,43)33(34,35)36/h19-24,26H,8-18H2,1-7H3,(H,37,40,41)/t19-,20+,21+,22?,24?,26-,29-,30?,31?,32?/m1/s1. The Kier molecular flexibility index (Phi) is 9.31. The van der Waals surface area contributed by atoms with Gasteiger partial charge in [-0.1, -0.05) is 34.6 Å². The molecule has 0 aromatic rings. The van der Waals surface area contributed by atoms with E-state index in [-0.39, 0.29) is 58.7 Å². The summed E-state index contributed by atoms with van der Waals surface area (Å²) in [6, 6.07) is 0. The highest BCUT2D eigenvalue weighted by molar-refractivity contribution is 8.00. The van der Waals surface area contributed by atoms with Gasteiger partial charge in [-0.05, 0) is 105 Å². The number of hydrogen-bond acceptors (Lipinski definition) is 7. The van der Waals surface area contributed by atoms with Crippen LogP contribution in [0.4, 0.5) is 18.0 Å². The van der Waals surface area contributed by atoms with E-state index in [2.05, 4.69) is 46.9 Å². The van der Waals surface area contributed by atoms with Crippen LogP contribution in [0.3, 0.4) is 0 Å². The molecule has 1 N–H and O–H groups in total. The van der Waals surface area contributed by atoms with Crippen LogP contribution in [0.5, 0.6) is 0 Å². The molecule has 5 fully saturated rings. The minimum absolute atomic E-state index is 0.0172. The van der Waals surface area contributed by atoms with Crippen molar-refractivity contribution < 1.29 is 40.7 Å². The van der Waals surface area contributed by atoms with Crippen molar-refractivity contribution >= 4 is 39.6 Å². The van der Waals surface area contributed by atoms with Crippen LogP contribution in [-0.4, -0.2) is 66.2 Å². The second-order valence-corrected chi connectivity index (χ2v) is 18.7. The van der Waals surface area contributed by atoms with Gasteiger partial charge in [0.25, 0.3) is 0 Å². The largest absolute Gasteiger partial charge is 0.511 e. The molecule has 1 heterocycles. The number of thioether (sulfide) groups is 1. The van der Waals surface area contributed by atoms with E-state index in [1.807, 2.05) is 6.26 Å². The van der Waals surface area contributed by atoms with E-state index in [9.17, 15) is 36.0 Å². The molecule has 5 unspecified atom stereocenters. The van der Waals surface area contributed by atoms with Crippen molar-refractivity contribution in [2.24, 2.45) is 51.8 Å². The predicted molar refractivity (Wildman–Crippen MR) is 170 cm³/mol. The summed E-state index contributed by atoms with van der Waals surface area (Å²) in [6.45, 7) is 12.2. The number of sulfonamides is 1. The summed E-state index contributed by atoms with van der Waals surface area (Å²) in [7, 11) is -5.48. The maximum atomic E-state index is 14.3. The van der Waals surface area contributed by atoms with Crippen molar-refractivity contribution in [3.63, 3.8) is 0 Å². The molecule has 0 aromatic carbocycles. The number of rotatable bonds is 5. The number of carbonyl (C=O) groups is 3. The molecule has 1 saturated heterocycles. The third kappa shape index (κ3) is 4.92. The smallest absolute Gasteiger partial charge is 0.445 e. The van der Waals surface area contributed by atoms with Crippen molar-refractivity contribution in [1.82, 2.24) is 9.62 Å². The number of amides is 2. The Bertz CT molecular complexity index is 1350. The molecule has 10 atom stereocenters. The van der Waals surface area contributed by atoms with Crippen LogP contribution in [0.1, 0.15) is 99.3 Å². The second kappa shape index (κ2) is 11.9.